The number of carbonyl (C=O) groups excluding carboxylic acids is 3. The minimum Gasteiger partial charge on any atom is -0.460 e. The van der Waals surface area contributed by atoms with Gasteiger partial charge in [-0.15, -0.1) is 0 Å². The number of amides is 1. The summed E-state index contributed by atoms with van der Waals surface area (Å²) in [5.74, 6) is -0.00469. The van der Waals surface area contributed by atoms with Crippen molar-refractivity contribution < 1.29 is 28.3 Å². The number of pyridine rings is 2. The summed E-state index contributed by atoms with van der Waals surface area (Å²) in [6, 6.07) is 3.74. The van der Waals surface area contributed by atoms with Crippen LogP contribution in [0.3, 0.4) is 0 Å². The number of anilines is 2. The molecule has 1 N–H and O–H groups in total. The molecule has 0 bridgehead atoms. The molecule has 1 aliphatic heterocycles. The lowest BCUT2D eigenvalue weighted by molar-refractivity contribution is -0.156. The van der Waals surface area contributed by atoms with Crippen LogP contribution in [0.25, 0.3) is 11.1 Å². The molecule has 43 heavy (non-hydrogen) atoms. The van der Waals surface area contributed by atoms with Gasteiger partial charge in [0.05, 0.1) is 6.42 Å². The molecule has 0 unspecified atom stereocenters. The molecule has 1 fully saturated rings. The number of aryl methyl sites for hydroxylation is 1. The van der Waals surface area contributed by atoms with E-state index < -0.39 is 17.3 Å². The Morgan fingerprint density at radius 3 is 2.47 bits per heavy atom. The Hall–Kier alpha value is -3.95. The zero-order valence-electron chi connectivity index (χ0n) is 26.6. The van der Waals surface area contributed by atoms with E-state index in [9.17, 15) is 14.4 Å². The number of nitrogens with zero attached hydrogens (tertiary/aromatic N) is 3. The fourth-order valence-electron chi connectivity index (χ4n) is 5.53. The number of ketones is 1. The summed E-state index contributed by atoms with van der Waals surface area (Å²) >= 11 is 0. The number of Topliss-reactive ketones (excluding diaryl/α,β-unsaturated/α-hetero) is 1. The number of rotatable bonds is 8. The van der Waals surface area contributed by atoms with E-state index in [-0.39, 0.29) is 35.5 Å². The monoisotopic (exact) mass is 592 g/mol. The van der Waals surface area contributed by atoms with Crippen LogP contribution in [0.15, 0.2) is 35.1 Å². The zero-order valence-corrected chi connectivity index (χ0v) is 26.6. The van der Waals surface area contributed by atoms with Crippen molar-refractivity contribution in [2.24, 2.45) is 11.8 Å². The van der Waals surface area contributed by atoms with Crippen LogP contribution in [0.1, 0.15) is 89.7 Å². The Labute approximate surface area is 253 Å². The third kappa shape index (κ3) is 8.55. The van der Waals surface area contributed by atoms with E-state index in [0.29, 0.717) is 30.0 Å². The number of aromatic nitrogens is 2. The van der Waals surface area contributed by atoms with Gasteiger partial charge in [-0.1, -0.05) is 13.8 Å². The maximum Gasteiger partial charge on any atom is 0.414 e. The van der Waals surface area contributed by atoms with Crippen LogP contribution < -0.4 is 10.2 Å². The average molecular weight is 593 g/mol. The van der Waals surface area contributed by atoms with Crippen LogP contribution in [0, 0.1) is 11.8 Å². The number of furan rings is 1. The molecule has 4 heterocycles. The highest BCUT2D eigenvalue weighted by atomic mass is 16.6. The van der Waals surface area contributed by atoms with Gasteiger partial charge in [0.15, 0.2) is 11.4 Å². The quantitative estimate of drug-likeness (QED) is 0.223. The molecule has 1 saturated heterocycles. The lowest BCUT2D eigenvalue weighted by Gasteiger charge is -2.38. The predicted octanol–water partition coefficient (Wildman–Crippen LogP) is 6.75. The molecular formula is C33H44N4O6. The molecule has 10 nitrogen and oxygen atoms in total. The van der Waals surface area contributed by atoms with E-state index >= 15 is 0 Å². The maximum atomic E-state index is 14.0. The summed E-state index contributed by atoms with van der Waals surface area (Å²) in [6.07, 6.45) is 6.40. The Morgan fingerprint density at radius 1 is 1.07 bits per heavy atom. The molecule has 2 atom stereocenters. The first-order valence-corrected chi connectivity index (χ1v) is 15.0. The van der Waals surface area contributed by atoms with Gasteiger partial charge in [0.25, 0.3) is 0 Å². The van der Waals surface area contributed by atoms with Gasteiger partial charge in [-0.3, -0.25) is 24.9 Å². The lowest BCUT2D eigenvalue weighted by atomic mass is 9.87. The van der Waals surface area contributed by atoms with Gasteiger partial charge in [0.2, 0.25) is 5.88 Å². The number of carbonyl (C=O) groups is 3. The second-order valence-electron chi connectivity index (χ2n) is 13.5. The molecule has 0 aromatic carbocycles. The first-order valence-electron chi connectivity index (χ1n) is 15.0. The highest BCUT2D eigenvalue weighted by Gasteiger charge is 2.31. The summed E-state index contributed by atoms with van der Waals surface area (Å²) < 4.78 is 17.0. The summed E-state index contributed by atoms with van der Waals surface area (Å²) in [4.78, 5) is 50.3. The van der Waals surface area contributed by atoms with Gasteiger partial charge in [0, 0.05) is 49.4 Å². The van der Waals surface area contributed by atoms with Crippen molar-refractivity contribution in [3.63, 3.8) is 0 Å². The number of hydrogen-bond donors (Lipinski definition) is 1. The molecule has 1 amide bonds. The molecule has 3 aromatic heterocycles. The fraction of sp³-hybridized carbons (Fsp3) is 0.545. The number of piperidine rings is 1. The van der Waals surface area contributed by atoms with Crippen molar-refractivity contribution in [2.45, 2.75) is 92.3 Å². The van der Waals surface area contributed by atoms with Gasteiger partial charge in [-0.25, -0.2) is 4.79 Å². The highest BCUT2D eigenvalue weighted by Crippen LogP contribution is 2.34. The van der Waals surface area contributed by atoms with Crippen molar-refractivity contribution in [1.29, 1.82) is 0 Å². The smallest absolute Gasteiger partial charge is 0.414 e. The van der Waals surface area contributed by atoms with E-state index in [1.54, 1.807) is 39.4 Å². The van der Waals surface area contributed by atoms with Crippen LogP contribution in [0.4, 0.5) is 16.4 Å². The van der Waals surface area contributed by atoms with Gasteiger partial charge in [-0.2, -0.15) is 0 Å². The van der Waals surface area contributed by atoms with E-state index in [0.717, 1.165) is 36.2 Å². The molecule has 0 aliphatic carbocycles. The van der Waals surface area contributed by atoms with Gasteiger partial charge < -0.3 is 18.8 Å². The number of hydrogen-bond acceptors (Lipinski definition) is 9. The molecule has 0 radical (unpaired) electrons. The van der Waals surface area contributed by atoms with E-state index in [4.69, 9.17) is 13.9 Å². The SMILES string of the molecule is CCc1cnc2c(C(=O)Cc3cnccc3N3C[C@H](C)C[C@H](CC(=O)OC(C)(C)C)C3)c(NC(=O)OC(C)(C)C)oc2c1. The Bertz CT molecular complexity index is 1480. The molecule has 10 heteroatoms. The molecule has 4 rings (SSSR count). The second-order valence-corrected chi connectivity index (χ2v) is 13.5. The zero-order chi connectivity index (χ0) is 31.5. The number of esters is 1. The summed E-state index contributed by atoms with van der Waals surface area (Å²) in [6.45, 7) is 16.5. The van der Waals surface area contributed by atoms with Crippen LogP contribution in [-0.2, 0) is 27.1 Å². The Morgan fingerprint density at radius 2 is 1.79 bits per heavy atom. The molecule has 1 aliphatic rings. The second kappa shape index (κ2) is 12.7. The molecule has 0 spiro atoms. The van der Waals surface area contributed by atoms with Gasteiger partial charge in [-0.05, 0) is 83.9 Å². The Balaban J connectivity index is 1.61. The fourth-order valence-corrected chi connectivity index (χ4v) is 5.53. The minimum atomic E-state index is -0.731. The van der Waals surface area contributed by atoms with E-state index in [1.807, 2.05) is 39.8 Å². The summed E-state index contributed by atoms with van der Waals surface area (Å²) in [5.41, 5.74) is 2.28. The normalized spacial score (nSPS) is 17.5. The molecule has 232 valence electrons. The van der Waals surface area contributed by atoms with Crippen molar-refractivity contribution in [3.05, 3.63) is 47.4 Å². The van der Waals surface area contributed by atoms with Crippen molar-refractivity contribution in [1.82, 2.24) is 9.97 Å². The molecular weight excluding hydrogens is 548 g/mol. The number of fused-ring (bicyclic) bond motifs is 1. The van der Waals surface area contributed by atoms with Crippen molar-refractivity contribution in [3.8, 4) is 0 Å². The largest absolute Gasteiger partial charge is 0.460 e. The highest BCUT2D eigenvalue weighted by molar-refractivity contribution is 6.12. The third-order valence-corrected chi connectivity index (χ3v) is 7.08. The Kier molecular flexibility index (Phi) is 9.47. The van der Waals surface area contributed by atoms with Crippen molar-refractivity contribution in [2.75, 3.05) is 23.3 Å². The number of nitrogens with one attached hydrogen (secondary N) is 1. The average Bonchev–Trinajstić information content (AvgIpc) is 3.23. The third-order valence-electron chi connectivity index (χ3n) is 7.08. The summed E-state index contributed by atoms with van der Waals surface area (Å²) in [5, 5.41) is 2.63. The maximum absolute atomic E-state index is 14.0. The molecule has 3 aromatic rings. The van der Waals surface area contributed by atoms with Crippen molar-refractivity contribution >= 4 is 40.5 Å². The van der Waals surface area contributed by atoms with Gasteiger partial charge >= 0.3 is 12.1 Å². The van der Waals surface area contributed by atoms with E-state index in [1.165, 1.54) is 0 Å². The minimum absolute atomic E-state index is 0.00413. The van der Waals surface area contributed by atoms with Crippen LogP contribution >= 0.6 is 0 Å². The first-order chi connectivity index (χ1) is 20.1. The van der Waals surface area contributed by atoms with Crippen LogP contribution in [-0.4, -0.2) is 52.1 Å². The van der Waals surface area contributed by atoms with Crippen LogP contribution in [0.2, 0.25) is 0 Å². The van der Waals surface area contributed by atoms with Crippen LogP contribution in [0.5, 0.6) is 0 Å². The van der Waals surface area contributed by atoms with E-state index in [2.05, 4.69) is 27.1 Å². The topological polar surface area (TPSA) is 124 Å². The van der Waals surface area contributed by atoms with Gasteiger partial charge in [0.1, 0.15) is 22.3 Å². The number of ether oxygens (including phenoxy) is 2. The first kappa shape index (κ1) is 32.0. The lowest BCUT2D eigenvalue weighted by Crippen LogP contribution is -2.41. The predicted molar refractivity (Wildman–Crippen MR) is 165 cm³/mol. The molecule has 0 saturated carbocycles. The standard InChI is InChI=1S/C33H44N4O6/c1-9-21-13-26-29(35-16-21)28(30(41-26)36-31(40)43-33(6,7)8)25(38)15-23-17-34-11-10-24(23)37-18-20(2)12-22(19-37)14-27(39)42-32(3,4)5/h10-11,13,16-17,20,22H,9,12,14-15,18-19H2,1-8H3,(H,36,40)/t20-,22-/m1/s1. The summed E-state index contributed by atoms with van der Waals surface area (Å²) in [7, 11) is 0.